The molecule has 1 aromatic carbocycles. The highest BCUT2D eigenvalue weighted by Crippen LogP contribution is 2.12. The van der Waals surface area contributed by atoms with Crippen LogP contribution in [0, 0.1) is 0 Å². The molecule has 0 fully saturated rings. The SMILES string of the molecule is O=c1c2ccoc2ccc2nccnc12. The smallest absolute Gasteiger partial charge is 0.217 e. The van der Waals surface area contributed by atoms with Crippen molar-refractivity contribution in [2.75, 3.05) is 0 Å². The average molecular weight is 198 g/mol. The molecule has 0 amide bonds. The Balaban J connectivity index is 2.71. The summed E-state index contributed by atoms with van der Waals surface area (Å²) < 4.78 is 5.17. The van der Waals surface area contributed by atoms with Crippen LogP contribution in [0.2, 0.25) is 0 Å². The first kappa shape index (κ1) is 8.11. The van der Waals surface area contributed by atoms with Crippen LogP contribution in [0.25, 0.3) is 22.0 Å². The fourth-order valence-electron chi connectivity index (χ4n) is 1.57. The van der Waals surface area contributed by atoms with Gasteiger partial charge in [0.15, 0.2) is 0 Å². The minimum atomic E-state index is -0.146. The first-order valence-corrected chi connectivity index (χ1v) is 4.47. The maximum absolute atomic E-state index is 12.0. The van der Waals surface area contributed by atoms with Gasteiger partial charge in [-0.3, -0.25) is 9.78 Å². The lowest BCUT2D eigenvalue weighted by atomic mass is 10.3. The van der Waals surface area contributed by atoms with Crippen molar-refractivity contribution in [3.8, 4) is 0 Å². The van der Waals surface area contributed by atoms with Crippen molar-refractivity contribution in [2.45, 2.75) is 0 Å². The zero-order valence-corrected chi connectivity index (χ0v) is 7.68. The van der Waals surface area contributed by atoms with Gasteiger partial charge in [0.25, 0.3) is 0 Å². The van der Waals surface area contributed by atoms with Gasteiger partial charge in [-0.2, -0.15) is 0 Å². The summed E-state index contributed by atoms with van der Waals surface area (Å²) in [6.07, 6.45) is 4.56. The van der Waals surface area contributed by atoms with Gasteiger partial charge in [-0.05, 0) is 18.2 Å². The number of hydrogen-bond donors (Lipinski definition) is 0. The standard InChI is InChI=1S/C11H6N2O2/c14-11-7-3-6-15-9(7)2-1-8-10(11)13-5-4-12-8/h1-6H. The van der Waals surface area contributed by atoms with E-state index in [1.54, 1.807) is 24.4 Å². The molecule has 72 valence electrons. The Morgan fingerprint density at radius 2 is 1.93 bits per heavy atom. The molecule has 0 spiro atoms. The highest BCUT2D eigenvalue weighted by molar-refractivity contribution is 5.86. The van der Waals surface area contributed by atoms with Crippen LogP contribution in [0.15, 0.2) is 46.1 Å². The fourth-order valence-corrected chi connectivity index (χ4v) is 1.57. The van der Waals surface area contributed by atoms with Gasteiger partial charge < -0.3 is 4.42 Å². The molecule has 0 saturated heterocycles. The summed E-state index contributed by atoms with van der Waals surface area (Å²) >= 11 is 0. The van der Waals surface area contributed by atoms with Crippen LogP contribution >= 0.6 is 0 Å². The molecular formula is C11H6N2O2. The predicted molar refractivity (Wildman–Crippen MR) is 55.6 cm³/mol. The first-order chi connectivity index (χ1) is 7.36. The van der Waals surface area contributed by atoms with Crippen LogP contribution in [0.1, 0.15) is 0 Å². The van der Waals surface area contributed by atoms with E-state index >= 15 is 0 Å². The summed E-state index contributed by atoms with van der Waals surface area (Å²) in [6.45, 7) is 0. The van der Waals surface area contributed by atoms with Crippen molar-refractivity contribution >= 4 is 22.0 Å². The molecule has 0 unspecified atom stereocenters. The molecule has 4 nitrogen and oxygen atoms in total. The molecule has 0 N–H and O–H groups in total. The largest absolute Gasteiger partial charge is 0.464 e. The maximum Gasteiger partial charge on any atom is 0.217 e. The second-order valence-corrected chi connectivity index (χ2v) is 3.15. The van der Waals surface area contributed by atoms with Crippen molar-refractivity contribution in [2.24, 2.45) is 0 Å². The quantitative estimate of drug-likeness (QED) is 0.552. The predicted octanol–water partition coefficient (Wildman–Crippen LogP) is 1.74. The normalized spacial score (nSPS) is 10.9. The van der Waals surface area contributed by atoms with Gasteiger partial charge in [-0.25, -0.2) is 4.98 Å². The monoisotopic (exact) mass is 198 g/mol. The number of hydrogen-bond acceptors (Lipinski definition) is 4. The summed E-state index contributed by atoms with van der Waals surface area (Å²) in [7, 11) is 0. The van der Waals surface area contributed by atoms with E-state index in [0.29, 0.717) is 22.0 Å². The molecule has 0 aliphatic carbocycles. The molecule has 4 heteroatoms. The molecule has 0 aliphatic heterocycles. The summed E-state index contributed by atoms with van der Waals surface area (Å²) in [4.78, 5) is 20.1. The molecule has 2 aromatic heterocycles. The Labute approximate surface area is 84.2 Å². The van der Waals surface area contributed by atoms with Crippen molar-refractivity contribution in [1.82, 2.24) is 9.97 Å². The van der Waals surface area contributed by atoms with Crippen LogP contribution in [0.5, 0.6) is 0 Å². The van der Waals surface area contributed by atoms with Crippen LogP contribution < -0.4 is 5.43 Å². The first-order valence-electron chi connectivity index (χ1n) is 4.47. The number of aromatic nitrogens is 2. The third-order valence-electron chi connectivity index (χ3n) is 2.27. The number of fused-ring (bicyclic) bond motifs is 2. The molecule has 2 heterocycles. The highest BCUT2D eigenvalue weighted by atomic mass is 16.3. The lowest BCUT2D eigenvalue weighted by Gasteiger charge is -1.86. The van der Waals surface area contributed by atoms with Crippen LogP contribution in [0.3, 0.4) is 0 Å². The van der Waals surface area contributed by atoms with E-state index < -0.39 is 0 Å². The lowest BCUT2D eigenvalue weighted by molar-refractivity contribution is 0.616. The van der Waals surface area contributed by atoms with E-state index in [-0.39, 0.29) is 5.43 Å². The molecule has 3 rings (SSSR count). The molecule has 3 aromatic rings. The van der Waals surface area contributed by atoms with Gasteiger partial charge in [0.05, 0.1) is 17.2 Å². The summed E-state index contributed by atoms with van der Waals surface area (Å²) in [6, 6.07) is 5.11. The second kappa shape index (κ2) is 2.88. The zero-order chi connectivity index (χ0) is 10.3. The summed E-state index contributed by atoms with van der Waals surface area (Å²) in [5.74, 6) is 0. The lowest BCUT2D eigenvalue weighted by Crippen LogP contribution is -1.99. The Kier molecular flexibility index (Phi) is 1.56. The summed E-state index contributed by atoms with van der Waals surface area (Å²) in [5.41, 5.74) is 1.36. The van der Waals surface area contributed by atoms with Gasteiger partial charge in [0.1, 0.15) is 11.1 Å². The van der Waals surface area contributed by atoms with Gasteiger partial charge in [0.2, 0.25) is 5.43 Å². The van der Waals surface area contributed by atoms with Gasteiger partial charge >= 0.3 is 0 Å². The van der Waals surface area contributed by atoms with Crippen LogP contribution in [-0.2, 0) is 0 Å². The van der Waals surface area contributed by atoms with E-state index in [4.69, 9.17) is 4.42 Å². The molecule has 0 radical (unpaired) electrons. The number of furan rings is 1. The average Bonchev–Trinajstić information content (AvgIpc) is 2.69. The topological polar surface area (TPSA) is 56.0 Å². The van der Waals surface area contributed by atoms with E-state index in [1.807, 2.05) is 0 Å². The minimum absolute atomic E-state index is 0.146. The number of rotatable bonds is 0. The fraction of sp³-hybridized carbons (Fsp3) is 0. The number of nitrogens with zero attached hydrogens (tertiary/aromatic N) is 2. The van der Waals surface area contributed by atoms with E-state index in [2.05, 4.69) is 9.97 Å². The van der Waals surface area contributed by atoms with Crippen LogP contribution in [0.4, 0.5) is 0 Å². The third-order valence-corrected chi connectivity index (χ3v) is 2.27. The highest BCUT2D eigenvalue weighted by Gasteiger charge is 2.04. The molecule has 0 saturated carbocycles. The Morgan fingerprint density at radius 1 is 1.07 bits per heavy atom. The molecular weight excluding hydrogens is 192 g/mol. The Morgan fingerprint density at radius 3 is 2.87 bits per heavy atom. The Hall–Kier alpha value is -2.23. The van der Waals surface area contributed by atoms with Gasteiger partial charge in [-0.1, -0.05) is 0 Å². The maximum atomic E-state index is 12.0. The van der Waals surface area contributed by atoms with Gasteiger partial charge in [0, 0.05) is 12.4 Å². The van der Waals surface area contributed by atoms with Crippen molar-refractivity contribution < 1.29 is 4.42 Å². The van der Waals surface area contributed by atoms with Gasteiger partial charge in [-0.15, -0.1) is 0 Å². The minimum Gasteiger partial charge on any atom is -0.464 e. The van der Waals surface area contributed by atoms with Crippen LogP contribution in [-0.4, -0.2) is 9.97 Å². The summed E-state index contributed by atoms with van der Waals surface area (Å²) in [5, 5.41) is 0.533. The van der Waals surface area contributed by atoms with Crippen molar-refractivity contribution in [3.05, 3.63) is 47.1 Å². The van der Waals surface area contributed by atoms with E-state index in [1.165, 1.54) is 12.5 Å². The van der Waals surface area contributed by atoms with E-state index in [0.717, 1.165) is 0 Å². The van der Waals surface area contributed by atoms with Crippen molar-refractivity contribution in [3.63, 3.8) is 0 Å². The Bertz CT molecular complexity index is 703. The second-order valence-electron chi connectivity index (χ2n) is 3.15. The molecule has 0 aliphatic rings. The molecule has 0 atom stereocenters. The third kappa shape index (κ3) is 1.11. The molecule has 15 heavy (non-hydrogen) atoms. The zero-order valence-electron chi connectivity index (χ0n) is 7.68. The molecule has 0 bridgehead atoms. The van der Waals surface area contributed by atoms with Crippen molar-refractivity contribution in [1.29, 1.82) is 0 Å². The van der Waals surface area contributed by atoms with E-state index in [9.17, 15) is 4.79 Å².